The van der Waals surface area contributed by atoms with Crippen LogP contribution in [0.5, 0.6) is 0 Å². The van der Waals surface area contributed by atoms with Gasteiger partial charge in [-0.3, -0.25) is 9.59 Å². The number of hydrogen-bond donors (Lipinski definition) is 0. The van der Waals surface area contributed by atoms with E-state index in [1.54, 1.807) is 0 Å². The lowest BCUT2D eigenvalue weighted by molar-refractivity contribution is -0.155. The molecule has 0 N–H and O–H groups in total. The largest absolute Gasteiger partial charge is 0.466 e. The molecule has 0 bridgehead atoms. The van der Waals surface area contributed by atoms with Gasteiger partial charge in [-0.05, 0) is 25.2 Å². The molecule has 0 rings (SSSR count). The van der Waals surface area contributed by atoms with E-state index in [-0.39, 0.29) is 30.9 Å². The molecule has 1 atom stereocenters. The molecule has 148 valence electrons. The predicted molar refractivity (Wildman–Crippen MR) is 103 cm³/mol. The van der Waals surface area contributed by atoms with Gasteiger partial charge in [-0.15, -0.1) is 11.6 Å². The average molecular weight is 377 g/mol. The van der Waals surface area contributed by atoms with Gasteiger partial charge < -0.3 is 9.47 Å². The summed E-state index contributed by atoms with van der Waals surface area (Å²) in [5.41, 5.74) is 0. The predicted octanol–water partition coefficient (Wildman–Crippen LogP) is 5.65. The molecule has 1 unspecified atom stereocenters. The topological polar surface area (TPSA) is 52.6 Å². The molecule has 0 amide bonds. The molecule has 0 aliphatic heterocycles. The molecule has 0 aromatic heterocycles. The van der Waals surface area contributed by atoms with Gasteiger partial charge in [0.05, 0.1) is 19.4 Å². The first-order valence-corrected chi connectivity index (χ1v) is 10.5. The fourth-order valence-electron chi connectivity index (χ4n) is 2.64. The molecule has 0 heterocycles. The Kier molecular flexibility index (Phi) is 16.2. The highest BCUT2D eigenvalue weighted by atomic mass is 35.5. The van der Waals surface area contributed by atoms with Crippen molar-refractivity contribution in [2.75, 3.05) is 12.5 Å². The zero-order chi connectivity index (χ0) is 18.9. The van der Waals surface area contributed by atoms with Crippen LogP contribution in [0, 0.1) is 5.92 Å². The maximum atomic E-state index is 11.7. The first-order chi connectivity index (χ1) is 12.0. The first kappa shape index (κ1) is 24.2. The molecular weight excluding hydrogens is 340 g/mol. The Bertz CT molecular complexity index is 345. The Morgan fingerprint density at radius 1 is 0.840 bits per heavy atom. The summed E-state index contributed by atoms with van der Waals surface area (Å²) in [5.74, 6) is 0.434. The number of alkyl halides is 1. The van der Waals surface area contributed by atoms with E-state index in [9.17, 15) is 9.59 Å². The van der Waals surface area contributed by atoms with E-state index < -0.39 is 0 Å². The molecule has 0 saturated heterocycles. The summed E-state index contributed by atoms with van der Waals surface area (Å²) in [6.07, 6.45) is 10.2. The van der Waals surface area contributed by atoms with Gasteiger partial charge in [-0.25, -0.2) is 0 Å². The van der Waals surface area contributed by atoms with Crippen molar-refractivity contribution >= 4 is 23.5 Å². The molecular formula is C20H37ClO4. The van der Waals surface area contributed by atoms with Crippen molar-refractivity contribution in [3.05, 3.63) is 0 Å². The Hall–Kier alpha value is -0.770. The van der Waals surface area contributed by atoms with Crippen molar-refractivity contribution in [3.8, 4) is 0 Å². The van der Waals surface area contributed by atoms with E-state index in [4.69, 9.17) is 21.1 Å². The van der Waals surface area contributed by atoms with Crippen LogP contribution in [0.3, 0.4) is 0 Å². The molecule has 0 radical (unpaired) electrons. The Labute approximate surface area is 159 Å². The molecule has 0 fully saturated rings. The van der Waals surface area contributed by atoms with Gasteiger partial charge in [-0.2, -0.15) is 0 Å². The van der Waals surface area contributed by atoms with Gasteiger partial charge in [-0.1, -0.05) is 59.3 Å². The summed E-state index contributed by atoms with van der Waals surface area (Å²) < 4.78 is 10.5. The third-order valence-electron chi connectivity index (χ3n) is 4.25. The summed E-state index contributed by atoms with van der Waals surface area (Å²) in [6, 6.07) is 0. The molecule has 0 aliphatic carbocycles. The number of esters is 2. The molecule has 25 heavy (non-hydrogen) atoms. The van der Waals surface area contributed by atoms with E-state index in [1.807, 2.05) is 20.8 Å². The molecule has 0 aromatic carbocycles. The van der Waals surface area contributed by atoms with E-state index in [0.717, 1.165) is 31.6 Å². The SMILES string of the molecule is CCC(OC(=O)CCC(=O)OCCCCCCCCCCCl)C(C)C. The summed E-state index contributed by atoms with van der Waals surface area (Å²) in [6.45, 7) is 6.49. The third kappa shape index (κ3) is 15.2. The number of ether oxygens (including phenoxy) is 2. The van der Waals surface area contributed by atoms with Crippen molar-refractivity contribution in [2.24, 2.45) is 5.92 Å². The summed E-state index contributed by atoms with van der Waals surface area (Å²) in [4.78, 5) is 23.4. The second-order valence-corrected chi connectivity index (χ2v) is 7.30. The number of rotatable bonds is 16. The lowest BCUT2D eigenvalue weighted by Crippen LogP contribution is -2.23. The van der Waals surface area contributed by atoms with Crippen LogP contribution < -0.4 is 0 Å². The summed E-state index contributed by atoms with van der Waals surface area (Å²) in [5, 5.41) is 0. The zero-order valence-corrected chi connectivity index (χ0v) is 17.1. The van der Waals surface area contributed by atoms with Crippen molar-refractivity contribution in [2.45, 2.75) is 97.5 Å². The molecule has 4 nitrogen and oxygen atoms in total. The van der Waals surface area contributed by atoms with E-state index in [0.29, 0.717) is 12.5 Å². The second kappa shape index (κ2) is 16.7. The fourth-order valence-corrected chi connectivity index (χ4v) is 2.83. The van der Waals surface area contributed by atoms with Crippen LogP contribution in [0.15, 0.2) is 0 Å². The monoisotopic (exact) mass is 376 g/mol. The van der Waals surface area contributed by atoms with Crippen molar-refractivity contribution in [1.82, 2.24) is 0 Å². The average Bonchev–Trinajstić information content (AvgIpc) is 2.59. The Morgan fingerprint density at radius 2 is 1.36 bits per heavy atom. The molecule has 0 saturated carbocycles. The summed E-state index contributed by atoms with van der Waals surface area (Å²) in [7, 11) is 0. The zero-order valence-electron chi connectivity index (χ0n) is 16.4. The van der Waals surface area contributed by atoms with Gasteiger partial charge in [0.1, 0.15) is 6.10 Å². The van der Waals surface area contributed by atoms with Crippen LogP contribution in [0.4, 0.5) is 0 Å². The Balaban J connectivity index is 3.51. The minimum Gasteiger partial charge on any atom is -0.466 e. The van der Waals surface area contributed by atoms with Crippen LogP contribution in [0.1, 0.15) is 91.4 Å². The van der Waals surface area contributed by atoms with E-state index in [2.05, 4.69) is 0 Å². The first-order valence-electron chi connectivity index (χ1n) is 9.92. The quantitative estimate of drug-likeness (QED) is 0.198. The van der Waals surface area contributed by atoms with Crippen LogP contribution >= 0.6 is 11.6 Å². The highest BCUT2D eigenvalue weighted by Crippen LogP contribution is 2.12. The Morgan fingerprint density at radius 3 is 1.88 bits per heavy atom. The number of carbonyl (C=O) groups is 2. The lowest BCUT2D eigenvalue weighted by atomic mass is 10.1. The normalized spacial score (nSPS) is 12.2. The summed E-state index contributed by atoms with van der Waals surface area (Å²) >= 11 is 5.64. The van der Waals surface area contributed by atoms with Crippen LogP contribution in [-0.2, 0) is 19.1 Å². The molecule has 0 aliphatic rings. The number of unbranched alkanes of at least 4 members (excludes halogenated alkanes) is 7. The van der Waals surface area contributed by atoms with Crippen LogP contribution in [0.2, 0.25) is 0 Å². The molecule has 0 aromatic rings. The fraction of sp³-hybridized carbons (Fsp3) is 0.900. The van der Waals surface area contributed by atoms with Crippen molar-refractivity contribution in [3.63, 3.8) is 0 Å². The second-order valence-electron chi connectivity index (χ2n) is 6.92. The highest BCUT2D eigenvalue weighted by Gasteiger charge is 2.17. The molecule has 0 spiro atoms. The standard InChI is InChI=1S/C20H37ClO4/c1-4-18(17(2)3)25-20(23)14-13-19(22)24-16-12-10-8-6-5-7-9-11-15-21/h17-18H,4-16H2,1-3H3. The van der Waals surface area contributed by atoms with Crippen LogP contribution in [-0.4, -0.2) is 30.5 Å². The highest BCUT2D eigenvalue weighted by molar-refractivity contribution is 6.17. The maximum Gasteiger partial charge on any atom is 0.306 e. The number of hydrogen-bond acceptors (Lipinski definition) is 4. The van der Waals surface area contributed by atoms with E-state index >= 15 is 0 Å². The molecule has 5 heteroatoms. The van der Waals surface area contributed by atoms with Crippen molar-refractivity contribution in [1.29, 1.82) is 0 Å². The van der Waals surface area contributed by atoms with E-state index in [1.165, 1.54) is 32.1 Å². The minimum absolute atomic E-state index is 0.0709. The minimum atomic E-state index is -0.313. The number of carbonyl (C=O) groups excluding carboxylic acids is 2. The van der Waals surface area contributed by atoms with Gasteiger partial charge in [0.25, 0.3) is 0 Å². The van der Waals surface area contributed by atoms with Crippen LogP contribution in [0.25, 0.3) is 0 Å². The maximum absolute atomic E-state index is 11.7. The number of halogens is 1. The van der Waals surface area contributed by atoms with Gasteiger partial charge in [0, 0.05) is 5.88 Å². The van der Waals surface area contributed by atoms with Gasteiger partial charge in [0.15, 0.2) is 0 Å². The smallest absolute Gasteiger partial charge is 0.306 e. The van der Waals surface area contributed by atoms with Gasteiger partial charge >= 0.3 is 11.9 Å². The van der Waals surface area contributed by atoms with Crippen molar-refractivity contribution < 1.29 is 19.1 Å². The third-order valence-corrected chi connectivity index (χ3v) is 4.52. The lowest BCUT2D eigenvalue weighted by Gasteiger charge is -2.19. The van der Waals surface area contributed by atoms with Gasteiger partial charge in [0.2, 0.25) is 0 Å².